The van der Waals surface area contributed by atoms with Crippen molar-refractivity contribution in [3.63, 3.8) is 0 Å². The summed E-state index contributed by atoms with van der Waals surface area (Å²) in [5.41, 5.74) is 2.09. The van der Waals surface area contributed by atoms with Gasteiger partial charge in [0.25, 0.3) is 0 Å². The fraction of sp³-hybridized carbons (Fsp3) is 0.350. The molecule has 0 saturated carbocycles. The van der Waals surface area contributed by atoms with E-state index in [1.165, 1.54) is 0 Å². The van der Waals surface area contributed by atoms with Gasteiger partial charge in [0.2, 0.25) is 0 Å². The summed E-state index contributed by atoms with van der Waals surface area (Å²) in [6, 6.07) is 17.4. The summed E-state index contributed by atoms with van der Waals surface area (Å²) >= 11 is 0. The maximum absolute atomic E-state index is 12.2. The smallest absolute Gasteiger partial charge is 0.315 e. The Morgan fingerprint density at radius 3 is 2.04 bits per heavy atom. The van der Waals surface area contributed by atoms with E-state index in [0.717, 1.165) is 16.9 Å². The van der Waals surface area contributed by atoms with E-state index in [2.05, 4.69) is 10.6 Å². The summed E-state index contributed by atoms with van der Waals surface area (Å²) in [7, 11) is 0. The minimum absolute atomic E-state index is 0.0472. The molecule has 0 aromatic heterocycles. The van der Waals surface area contributed by atoms with Gasteiger partial charge in [-0.15, -0.1) is 0 Å². The normalized spacial score (nSPS) is 13.2. The fourth-order valence-electron chi connectivity index (χ4n) is 2.47. The average molecular weight is 326 g/mol. The highest BCUT2D eigenvalue weighted by atomic mass is 16.5. The second kappa shape index (κ2) is 8.39. The van der Waals surface area contributed by atoms with E-state index in [9.17, 15) is 4.79 Å². The molecule has 2 aromatic carbocycles. The molecule has 0 radical (unpaired) electrons. The van der Waals surface area contributed by atoms with Gasteiger partial charge in [0.05, 0.1) is 18.2 Å². The minimum Gasteiger partial charge on any atom is -0.491 e. The molecule has 0 spiro atoms. The highest BCUT2D eigenvalue weighted by Crippen LogP contribution is 2.20. The lowest BCUT2D eigenvalue weighted by Gasteiger charge is -2.19. The fourth-order valence-corrected chi connectivity index (χ4v) is 2.47. The molecule has 0 aliphatic rings. The summed E-state index contributed by atoms with van der Waals surface area (Å²) < 4.78 is 5.70. The number of amides is 2. The van der Waals surface area contributed by atoms with Crippen molar-refractivity contribution in [3.8, 4) is 5.75 Å². The third kappa shape index (κ3) is 5.30. The van der Waals surface area contributed by atoms with Gasteiger partial charge >= 0.3 is 6.03 Å². The summed E-state index contributed by atoms with van der Waals surface area (Å²) in [6.07, 6.45) is 0.124. The van der Waals surface area contributed by atoms with Gasteiger partial charge in [-0.1, -0.05) is 42.5 Å². The Morgan fingerprint density at radius 1 is 0.833 bits per heavy atom. The molecule has 0 bridgehead atoms. The molecule has 24 heavy (non-hydrogen) atoms. The van der Waals surface area contributed by atoms with Crippen LogP contribution in [0.15, 0.2) is 54.6 Å². The summed E-state index contributed by atoms with van der Waals surface area (Å²) in [5.74, 6) is 0.814. The van der Waals surface area contributed by atoms with Crippen LogP contribution in [-0.4, -0.2) is 12.1 Å². The van der Waals surface area contributed by atoms with Crippen molar-refractivity contribution in [2.75, 3.05) is 0 Å². The molecule has 2 unspecified atom stereocenters. The number of rotatable bonds is 6. The van der Waals surface area contributed by atoms with Crippen LogP contribution in [0, 0.1) is 0 Å². The lowest BCUT2D eigenvalue weighted by Crippen LogP contribution is -2.38. The zero-order valence-corrected chi connectivity index (χ0v) is 14.7. The monoisotopic (exact) mass is 326 g/mol. The zero-order chi connectivity index (χ0) is 17.5. The average Bonchev–Trinajstić information content (AvgIpc) is 2.55. The molecule has 2 rings (SSSR count). The molecule has 2 atom stereocenters. The van der Waals surface area contributed by atoms with E-state index in [0.29, 0.717) is 0 Å². The first-order valence-electron chi connectivity index (χ1n) is 8.34. The Labute approximate surface area is 144 Å². The molecule has 128 valence electrons. The van der Waals surface area contributed by atoms with Crippen LogP contribution in [0.2, 0.25) is 0 Å². The first-order chi connectivity index (χ1) is 11.5. The van der Waals surface area contributed by atoms with Gasteiger partial charge in [0.1, 0.15) is 5.75 Å². The molecule has 4 heteroatoms. The van der Waals surface area contributed by atoms with Crippen molar-refractivity contribution >= 4 is 6.03 Å². The molecule has 0 aliphatic heterocycles. The predicted octanol–water partition coefficient (Wildman–Crippen LogP) is 4.60. The van der Waals surface area contributed by atoms with E-state index in [-0.39, 0.29) is 24.2 Å². The molecular weight excluding hydrogens is 300 g/mol. The lowest BCUT2D eigenvalue weighted by molar-refractivity contribution is 0.234. The molecule has 0 aliphatic carbocycles. The predicted molar refractivity (Wildman–Crippen MR) is 97.1 cm³/mol. The number of hydrogen-bond acceptors (Lipinski definition) is 2. The number of hydrogen-bond donors (Lipinski definition) is 2. The van der Waals surface area contributed by atoms with Crippen LogP contribution >= 0.6 is 0 Å². The van der Waals surface area contributed by atoms with E-state index in [1.807, 2.05) is 82.3 Å². The third-order valence-electron chi connectivity index (χ3n) is 3.72. The van der Waals surface area contributed by atoms with Gasteiger partial charge in [-0.3, -0.25) is 0 Å². The van der Waals surface area contributed by atoms with Crippen molar-refractivity contribution in [1.29, 1.82) is 0 Å². The molecule has 4 nitrogen and oxygen atoms in total. The summed E-state index contributed by atoms with van der Waals surface area (Å²) in [4.78, 5) is 12.2. The Morgan fingerprint density at radius 2 is 1.42 bits per heavy atom. The van der Waals surface area contributed by atoms with Gasteiger partial charge in [-0.25, -0.2) is 4.79 Å². The van der Waals surface area contributed by atoms with Crippen LogP contribution in [0.4, 0.5) is 4.79 Å². The van der Waals surface area contributed by atoms with Crippen molar-refractivity contribution in [1.82, 2.24) is 10.6 Å². The Kier molecular flexibility index (Phi) is 6.24. The molecule has 0 saturated heterocycles. The summed E-state index contributed by atoms with van der Waals surface area (Å²) in [6.45, 7) is 7.91. The van der Waals surface area contributed by atoms with Crippen molar-refractivity contribution in [2.24, 2.45) is 0 Å². The van der Waals surface area contributed by atoms with Gasteiger partial charge in [0, 0.05) is 0 Å². The van der Waals surface area contributed by atoms with Gasteiger partial charge in [0.15, 0.2) is 0 Å². The first-order valence-corrected chi connectivity index (χ1v) is 8.34. The second-order valence-electron chi connectivity index (χ2n) is 6.21. The quantitative estimate of drug-likeness (QED) is 0.815. The highest BCUT2D eigenvalue weighted by Gasteiger charge is 2.13. The third-order valence-corrected chi connectivity index (χ3v) is 3.72. The van der Waals surface area contributed by atoms with Crippen LogP contribution < -0.4 is 15.4 Å². The van der Waals surface area contributed by atoms with Gasteiger partial charge in [-0.05, 0) is 51.0 Å². The number of urea groups is 1. The van der Waals surface area contributed by atoms with Gasteiger partial charge < -0.3 is 15.4 Å². The van der Waals surface area contributed by atoms with Crippen LogP contribution in [0.5, 0.6) is 5.75 Å². The number of benzene rings is 2. The first kappa shape index (κ1) is 17.9. The highest BCUT2D eigenvalue weighted by molar-refractivity contribution is 5.75. The van der Waals surface area contributed by atoms with E-state index < -0.39 is 0 Å². The number of carbonyl (C=O) groups is 1. The van der Waals surface area contributed by atoms with Crippen LogP contribution in [0.25, 0.3) is 0 Å². The zero-order valence-electron chi connectivity index (χ0n) is 14.7. The second-order valence-corrected chi connectivity index (χ2v) is 6.21. The van der Waals surface area contributed by atoms with Crippen molar-refractivity contribution in [2.45, 2.75) is 45.9 Å². The molecule has 2 amide bonds. The Hall–Kier alpha value is -2.49. The molecule has 0 fully saturated rings. The molecule has 0 heterocycles. The van der Waals surface area contributed by atoms with Gasteiger partial charge in [-0.2, -0.15) is 0 Å². The SMILES string of the molecule is CC(C)Oc1cccc(C(C)NC(=O)NC(C)c2ccccc2)c1. The summed E-state index contributed by atoms with van der Waals surface area (Å²) in [5, 5.41) is 5.93. The Balaban J connectivity index is 1.94. The van der Waals surface area contributed by atoms with E-state index in [1.54, 1.807) is 0 Å². The van der Waals surface area contributed by atoms with E-state index in [4.69, 9.17) is 4.74 Å². The number of ether oxygens (including phenoxy) is 1. The largest absolute Gasteiger partial charge is 0.491 e. The number of carbonyl (C=O) groups excluding carboxylic acids is 1. The Bertz CT molecular complexity index is 656. The van der Waals surface area contributed by atoms with Crippen LogP contribution in [0.3, 0.4) is 0 Å². The lowest BCUT2D eigenvalue weighted by atomic mass is 10.1. The number of nitrogens with one attached hydrogen (secondary N) is 2. The molecule has 2 aromatic rings. The molecule has 2 N–H and O–H groups in total. The maximum Gasteiger partial charge on any atom is 0.315 e. The minimum atomic E-state index is -0.186. The maximum atomic E-state index is 12.2. The van der Waals surface area contributed by atoms with Crippen LogP contribution in [0.1, 0.15) is 50.9 Å². The van der Waals surface area contributed by atoms with Crippen LogP contribution in [-0.2, 0) is 0 Å². The van der Waals surface area contributed by atoms with E-state index >= 15 is 0 Å². The topological polar surface area (TPSA) is 50.4 Å². The standard InChI is InChI=1S/C20H26N2O2/c1-14(2)24-19-12-8-11-18(13-19)16(4)22-20(23)21-15(3)17-9-6-5-7-10-17/h5-16H,1-4H3,(H2,21,22,23). The van der Waals surface area contributed by atoms with Crippen molar-refractivity contribution < 1.29 is 9.53 Å². The molecular formula is C20H26N2O2. The van der Waals surface area contributed by atoms with Crippen molar-refractivity contribution in [3.05, 3.63) is 65.7 Å².